The summed E-state index contributed by atoms with van der Waals surface area (Å²) in [6.07, 6.45) is 8.38. The van der Waals surface area contributed by atoms with Gasteiger partial charge in [-0.05, 0) is 35.8 Å². The SMILES string of the molecule is CCc1ccc(Cc2cnc(NC(=O)C3=Cc4cc(Cl)cc(OC)c4OC=C3)s2)cc1. The molecule has 0 bridgehead atoms. The third-order valence-corrected chi connectivity index (χ3v) is 5.99. The van der Waals surface area contributed by atoms with Gasteiger partial charge >= 0.3 is 0 Å². The summed E-state index contributed by atoms with van der Waals surface area (Å²) in [7, 11) is 1.54. The van der Waals surface area contributed by atoms with Crippen molar-refractivity contribution in [2.75, 3.05) is 12.4 Å². The predicted molar refractivity (Wildman–Crippen MR) is 125 cm³/mol. The number of amides is 1. The molecule has 0 aliphatic carbocycles. The van der Waals surface area contributed by atoms with E-state index in [1.54, 1.807) is 37.6 Å². The molecule has 1 amide bonds. The van der Waals surface area contributed by atoms with Gasteiger partial charge in [0.1, 0.15) is 0 Å². The molecule has 0 atom stereocenters. The fourth-order valence-corrected chi connectivity index (χ4v) is 4.27. The van der Waals surface area contributed by atoms with Crippen molar-refractivity contribution in [2.24, 2.45) is 0 Å². The number of nitrogens with zero attached hydrogens (tertiary/aromatic N) is 1. The number of carbonyl (C=O) groups excluding carboxylic acids is 1. The van der Waals surface area contributed by atoms with Crippen molar-refractivity contribution < 1.29 is 14.3 Å². The molecule has 2 heterocycles. The third kappa shape index (κ3) is 4.98. The van der Waals surface area contributed by atoms with Crippen molar-refractivity contribution in [3.05, 3.63) is 87.1 Å². The van der Waals surface area contributed by atoms with Crippen LogP contribution in [0, 0.1) is 0 Å². The van der Waals surface area contributed by atoms with Crippen molar-refractivity contribution >= 4 is 40.1 Å². The lowest BCUT2D eigenvalue weighted by Gasteiger charge is -2.10. The second-order valence-electron chi connectivity index (χ2n) is 6.98. The summed E-state index contributed by atoms with van der Waals surface area (Å²) in [5, 5.41) is 3.91. The maximum atomic E-state index is 12.8. The molecular formula is C24H21ClN2O3S. The molecule has 0 unspecified atom stereocenters. The van der Waals surface area contributed by atoms with Gasteiger partial charge < -0.3 is 9.47 Å². The maximum Gasteiger partial charge on any atom is 0.257 e. The summed E-state index contributed by atoms with van der Waals surface area (Å²) >= 11 is 7.63. The Hall–Kier alpha value is -3.09. The molecule has 1 aromatic heterocycles. The van der Waals surface area contributed by atoms with Gasteiger partial charge in [-0.15, -0.1) is 11.3 Å². The van der Waals surface area contributed by atoms with Gasteiger partial charge in [0.15, 0.2) is 16.6 Å². The van der Waals surface area contributed by atoms with E-state index in [1.165, 1.54) is 28.7 Å². The average molecular weight is 453 g/mol. The minimum Gasteiger partial charge on any atom is -0.493 e. The molecule has 1 aliphatic heterocycles. The fraction of sp³-hybridized carbons (Fsp3) is 0.167. The lowest BCUT2D eigenvalue weighted by molar-refractivity contribution is -0.112. The summed E-state index contributed by atoms with van der Waals surface area (Å²) in [5.41, 5.74) is 3.62. The number of fused-ring (bicyclic) bond motifs is 1. The number of carbonyl (C=O) groups is 1. The molecule has 3 aromatic rings. The summed E-state index contributed by atoms with van der Waals surface area (Å²) in [4.78, 5) is 18.3. The van der Waals surface area contributed by atoms with E-state index in [0.29, 0.717) is 32.8 Å². The Morgan fingerprint density at radius 3 is 2.74 bits per heavy atom. The maximum absolute atomic E-state index is 12.8. The molecule has 0 spiro atoms. The number of ether oxygens (including phenoxy) is 2. The highest BCUT2D eigenvalue weighted by atomic mass is 35.5. The number of aryl methyl sites for hydroxylation is 1. The number of anilines is 1. The van der Waals surface area contributed by atoms with E-state index in [-0.39, 0.29) is 5.91 Å². The van der Waals surface area contributed by atoms with E-state index in [4.69, 9.17) is 21.1 Å². The second-order valence-corrected chi connectivity index (χ2v) is 8.53. The van der Waals surface area contributed by atoms with Gasteiger partial charge in [0.05, 0.1) is 13.4 Å². The molecule has 0 fully saturated rings. The van der Waals surface area contributed by atoms with Crippen LogP contribution in [0.4, 0.5) is 5.13 Å². The first-order valence-corrected chi connectivity index (χ1v) is 11.0. The van der Waals surface area contributed by atoms with E-state index < -0.39 is 0 Å². The smallest absolute Gasteiger partial charge is 0.257 e. The zero-order chi connectivity index (χ0) is 21.8. The molecule has 1 aliphatic rings. The van der Waals surface area contributed by atoms with Crippen LogP contribution in [-0.2, 0) is 17.6 Å². The highest BCUT2D eigenvalue weighted by Gasteiger charge is 2.17. The van der Waals surface area contributed by atoms with Crippen LogP contribution in [0.2, 0.25) is 5.02 Å². The molecule has 2 aromatic carbocycles. The van der Waals surface area contributed by atoms with Gasteiger partial charge in [-0.1, -0.05) is 42.8 Å². The number of hydrogen-bond donors (Lipinski definition) is 1. The first kappa shape index (κ1) is 21.2. The largest absolute Gasteiger partial charge is 0.493 e. The van der Waals surface area contributed by atoms with Gasteiger partial charge in [-0.25, -0.2) is 4.98 Å². The number of halogens is 1. The lowest BCUT2D eigenvalue weighted by atomic mass is 10.1. The van der Waals surface area contributed by atoms with Crippen LogP contribution in [0.25, 0.3) is 6.08 Å². The van der Waals surface area contributed by atoms with Crippen LogP contribution in [0.5, 0.6) is 11.5 Å². The van der Waals surface area contributed by atoms with E-state index in [0.717, 1.165) is 17.7 Å². The molecule has 4 rings (SSSR count). The standard InChI is InChI=1S/C24H21ClN2O3S/c1-3-15-4-6-16(7-5-15)10-20-14-26-24(31-20)27-23(28)17-8-9-30-22-18(11-17)12-19(25)13-21(22)29-2/h4-9,11-14H,3,10H2,1-2H3,(H,26,27,28). The molecule has 1 N–H and O–H groups in total. The van der Waals surface area contributed by atoms with Crippen molar-refractivity contribution in [3.63, 3.8) is 0 Å². The van der Waals surface area contributed by atoms with Crippen molar-refractivity contribution in [1.29, 1.82) is 0 Å². The van der Waals surface area contributed by atoms with E-state index in [9.17, 15) is 4.79 Å². The monoisotopic (exact) mass is 452 g/mol. The highest BCUT2D eigenvalue weighted by molar-refractivity contribution is 7.15. The van der Waals surface area contributed by atoms with Crippen LogP contribution in [0.1, 0.15) is 28.5 Å². The zero-order valence-corrected chi connectivity index (χ0v) is 18.7. The summed E-state index contributed by atoms with van der Waals surface area (Å²) in [6.45, 7) is 2.14. The molecule has 0 saturated carbocycles. The van der Waals surface area contributed by atoms with Gasteiger partial charge in [0.2, 0.25) is 0 Å². The van der Waals surface area contributed by atoms with E-state index in [2.05, 4.69) is 41.5 Å². The Labute approximate surface area is 190 Å². The lowest BCUT2D eigenvalue weighted by Crippen LogP contribution is -2.12. The van der Waals surface area contributed by atoms with Crippen molar-refractivity contribution in [3.8, 4) is 11.5 Å². The summed E-state index contributed by atoms with van der Waals surface area (Å²) < 4.78 is 11.0. The highest BCUT2D eigenvalue weighted by Crippen LogP contribution is 2.37. The molecule has 158 valence electrons. The first-order valence-electron chi connectivity index (χ1n) is 9.82. The van der Waals surface area contributed by atoms with E-state index >= 15 is 0 Å². The van der Waals surface area contributed by atoms with Gasteiger partial charge in [0, 0.05) is 39.7 Å². The average Bonchev–Trinajstić information content (AvgIpc) is 3.08. The second kappa shape index (κ2) is 9.37. The zero-order valence-electron chi connectivity index (χ0n) is 17.1. The number of aromatic nitrogens is 1. The van der Waals surface area contributed by atoms with Gasteiger partial charge in [0.25, 0.3) is 5.91 Å². The fourth-order valence-electron chi connectivity index (χ4n) is 3.22. The topological polar surface area (TPSA) is 60.5 Å². The normalized spacial score (nSPS) is 12.4. The Morgan fingerprint density at radius 1 is 1.23 bits per heavy atom. The molecule has 5 nitrogen and oxygen atoms in total. The van der Waals surface area contributed by atoms with Crippen LogP contribution in [-0.4, -0.2) is 18.0 Å². The third-order valence-electron chi connectivity index (χ3n) is 4.86. The molecule has 31 heavy (non-hydrogen) atoms. The predicted octanol–water partition coefficient (Wildman–Crippen LogP) is 5.89. The van der Waals surface area contributed by atoms with Crippen molar-refractivity contribution in [1.82, 2.24) is 4.98 Å². The molecular weight excluding hydrogens is 432 g/mol. The quantitative estimate of drug-likeness (QED) is 0.506. The molecule has 0 radical (unpaired) electrons. The van der Waals surface area contributed by atoms with Crippen LogP contribution in [0.3, 0.4) is 0 Å². The summed E-state index contributed by atoms with van der Waals surface area (Å²) in [5.74, 6) is 0.734. The number of rotatable bonds is 6. The van der Waals surface area contributed by atoms with Crippen LogP contribution in [0.15, 0.2) is 60.5 Å². The van der Waals surface area contributed by atoms with Gasteiger partial charge in [-0.3, -0.25) is 10.1 Å². The van der Waals surface area contributed by atoms with Crippen LogP contribution >= 0.6 is 22.9 Å². The van der Waals surface area contributed by atoms with Crippen LogP contribution < -0.4 is 14.8 Å². The first-order chi connectivity index (χ1) is 15.1. The van der Waals surface area contributed by atoms with E-state index in [1.807, 2.05) is 0 Å². The van der Waals surface area contributed by atoms with Gasteiger partial charge in [-0.2, -0.15) is 0 Å². The minimum atomic E-state index is -0.278. The number of nitrogens with one attached hydrogen (secondary N) is 1. The number of methoxy groups -OCH3 is 1. The molecule has 0 saturated heterocycles. The number of thiazole rings is 1. The van der Waals surface area contributed by atoms with Crippen molar-refractivity contribution in [2.45, 2.75) is 19.8 Å². The summed E-state index contributed by atoms with van der Waals surface area (Å²) in [6, 6.07) is 11.9. The Morgan fingerprint density at radius 2 is 2.00 bits per heavy atom. The Kier molecular flexibility index (Phi) is 6.39. The Balaban J connectivity index is 1.49. The molecule has 7 heteroatoms. The number of benzene rings is 2. The Bertz CT molecular complexity index is 1170. The number of hydrogen-bond acceptors (Lipinski definition) is 5. The minimum absolute atomic E-state index is 0.278.